The van der Waals surface area contributed by atoms with Gasteiger partial charge in [0.2, 0.25) is 0 Å². The van der Waals surface area contributed by atoms with Crippen molar-refractivity contribution in [3.63, 3.8) is 0 Å². The molecule has 1 saturated heterocycles. The molecule has 10 heteroatoms. The van der Waals surface area contributed by atoms with Crippen molar-refractivity contribution >= 4 is 35.2 Å². The SMILES string of the molecule is COc1ccccc1N1C(=O)C2N=NN(CC(=O)N3N=C4C(=Cc5ccc(C)cc5)CCCC4C3c3ccc(C)cc3)C2C1=O. The van der Waals surface area contributed by atoms with Crippen LogP contribution >= 0.6 is 0 Å². The van der Waals surface area contributed by atoms with Crippen molar-refractivity contribution in [3.05, 3.63) is 101 Å². The minimum atomic E-state index is -1.03. The number of hydrogen-bond donors (Lipinski definition) is 0. The van der Waals surface area contributed by atoms with E-state index in [0.29, 0.717) is 11.4 Å². The summed E-state index contributed by atoms with van der Waals surface area (Å²) in [7, 11) is 1.48. The van der Waals surface area contributed by atoms with Crippen molar-refractivity contribution in [1.82, 2.24) is 10.0 Å². The van der Waals surface area contributed by atoms with E-state index in [9.17, 15) is 14.4 Å². The van der Waals surface area contributed by atoms with Crippen LogP contribution in [0.4, 0.5) is 5.69 Å². The molecule has 0 spiro atoms. The summed E-state index contributed by atoms with van der Waals surface area (Å²) >= 11 is 0. The number of allylic oxidation sites excluding steroid dienone is 1. The second-order valence-corrected chi connectivity index (χ2v) is 12.0. The minimum absolute atomic E-state index is 0.0331. The summed E-state index contributed by atoms with van der Waals surface area (Å²) in [6.45, 7) is 3.86. The lowest BCUT2D eigenvalue weighted by atomic mass is 9.77. The first-order chi connectivity index (χ1) is 21.8. The fourth-order valence-corrected chi connectivity index (χ4v) is 6.78. The Morgan fingerprint density at radius 3 is 2.38 bits per heavy atom. The first-order valence-electron chi connectivity index (χ1n) is 15.3. The second-order valence-electron chi connectivity index (χ2n) is 12.0. The lowest BCUT2D eigenvalue weighted by Gasteiger charge is -2.30. The van der Waals surface area contributed by atoms with E-state index in [1.54, 1.807) is 29.3 Å². The number of methoxy groups -OCH3 is 1. The molecule has 1 aliphatic carbocycles. The molecule has 2 fully saturated rings. The Morgan fingerprint density at radius 2 is 1.64 bits per heavy atom. The van der Waals surface area contributed by atoms with Crippen LogP contribution in [0.2, 0.25) is 0 Å². The monoisotopic (exact) mass is 602 g/mol. The summed E-state index contributed by atoms with van der Waals surface area (Å²) in [5.41, 5.74) is 6.83. The van der Waals surface area contributed by atoms with E-state index in [4.69, 9.17) is 9.84 Å². The molecular weight excluding hydrogens is 568 g/mol. The summed E-state index contributed by atoms with van der Waals surface area (Å²) in [5.74, 6) is -0.876. The molecule has 0 aromatic heterocycles. The number of imide groups is 1. The van der Waals surface area contributed by atoms with Crippen molar-refractivity contribution < 1.29 is 19.1 Å². The number of carbonyl (C=O) groups excluding carboxylic acids is 3. The summed E-state index contributed by atoms with van der Waals surface area (Å²) in [6, 6.07) is 21.1. The van der Waals surface area contributed by atoms with E-state index in [-0.39, 0.29) is 24.4 Å². The van der Waals surface area contributed by atoms with Crippen molar-refractivity contribution in [2.24, 2.45) is 21.4 Å². The Morgan fingerprint density at radius 1 is 0.933 bits per heavy atom. The van der Waals surface area contributed by atoms with E-state index >= 15 is 0 Å². The average molecular weight is 603 g/mol. The molecule has 7 rings (SSSR count). The Hall–Kier alpha value is -5.12. The van der Waals surface area contributed by atoms with Gasteiger partial charge >= 0.3 is 0 Å². The molecule has 3 heterocycles. The summed E-state index contributed by atoms with van der Waals surface area (Å²) in [6.07, 6.45) is 4.96. The number of hydrogen-bond acceptors (Lipinski definition) is 8. The largest absolute Gasteiger partial charge is 0.495 e. The third kappa shape index (κ3) is 5.00. The molecule has 45 heavy (non-hydrogen) atoms. The molecule has 3 aromatic rings. The molecule has 1 saturated carbocycles. The zero-order valence-corrected chi connectivity index (χ0v) is 25.5. The first-order valence-corrected chi connectivity index (χ1v) is 15.3. The van der Waals surface area contributed by atoms with Crippen molar-refractivity contribution in [2.45, 2.75) is 51.2 Å². The number of aryl methyl sites for hydroxylation is 2. The third-order valence-corrected chi connectivity index (χ3v) is 9.08. The van der Waals surface area contributed by atoms with Gasteiger partial charge in [-0.05, 0) is 68.0 Å². The number of amides is 3. The van der Waals surface area contributed by atoms with E-state index < -0.39 is 23.9 Å². The molecular formula is C35H34N6O4. The van der Waals surface area contributed by atoms with Crippen LogP contribution in [0.15, 0.2) is 93.8 Å². The Balaban J connectivity index is 1.19. The number of anilines is 1. The molecule has 4 unspecified atom stereocenters. The van der Waals surface area contributed by atoms with Gasteiger partial charge in [-0.25, -0.2) is 9.91 Å². The first kappa shape index (κ1) is 28.6. The summed E-state index contributed by atoms with van der Waals surface area (Å²) in [4.78, 5) is 42.2. The maximum atomic E-state index is 14.2. The molecule has 10 nitrogen and oxygen atoms in total. The van der Waals surface area contributed by atoms with Gasteiger partial charge in [-0.3, -0.25) is 19.4 Å². The van der Waals surface area contributed by atoms with Crippen LogP contribution in [-0.2, 0) is 14.4 Å². The predicted molar refractivity (Wildman–Crippen MR) is 169 cm³/mol. The zero-order valence-electron chi connectivity index (χ0n) is 25.5. The number of carbonyl (C=O) groups is 3. The topological polar surface area (TPSA) is 107 Å². The van der Waals surface area contributed by atoms with E-state index in [1.165, 1.54) is 17.7 Å². The van der Waals surface area contributed by atoms with Crippen LogP contribution in [0.25, 0.3) is 6.08 Å². The van der Waals surface area contributed by atoms with Gasteiger partial charge in [0.1, 0.15) is 12.3 Å². The van der Waals surface area contributed by atoms with Crippen LogP contribution in [0.1, 0.15) is 47.6 Å². The standard InChI is InChI=1S/C35H34N6O4/c1-21-11-15-23(16-12-21)19-25-7-6-8-26-30(25)37-41(32(26)24-17-13-22(2)14-18-24)29(42)20-39-33-31(36-38-39)34(43)40(35(33)44)27-9-4-5-10-28(27)45-3/h4-5,9-19,26,31-33H,6-8,20H2,1-3H3. The molecule has 4 atom stereocenters. The van der Waals surface area contributed by atoms with Gasteiger partial charge in [0.15, 0.2) is 12.1 Å². The normalized spacial score (nSPS) is 24.7. The maximum absolute atomic E-state index is 14.2. The van der Waals surface area contributed by atoms with Crippen LogP contribution in [0, 0.1) is 19.8 Å². The number of hydrazone groups is 1. The van der Waals surface area contributed by atoms with Crippen LogP contribution < -0.4 is 9.64 Å². The van der Waals surface area contributed by atoms with E-state index in [2.05, 4.69) is 71.9 Å². The number of rotatable bonds is 6. The third-order valence-electron chi connectivity index (χ3n) is 9.08. The molecule has 3 amide bonds. The number of nitrogens with zero attached hydrogens (tertiary/aromatic N) is 6. The molecule has 3 aliphatic heterocycles. The second kappa shape index (κ2) is 11.4. The van der Waals surface area contributed by atoms with E-state index in [0.717, 1.165) is 52.1 Å². The summed E-state index contributed by atoms with van der Waals surface area (Å²) < 4.78 is 5.40. The number of para-hydroxylation sites is 2. The van der Waals surface area contributed by atoms with Gasteiger partial charge < -0.3 is 4.74 Å². The molecule has 228 valence electrons. The lowest BCUT2D eigenvalue weighted by Crippen LogP contribution is -2.45. The highest BCUT2D eigenvalue weighted by atomic mass is 16.5. The Kier molecular flexibility index (Phi) is 7.27. The maximum Gasteiger partial charge on any atom is 0.264 e. The number of fused-ring (bicyclic) bond motifs is 2. The number of benzene rings is 3. The molecule has 0 radical (unpaired) electrons. The molecule has 0 N–H and O–H groups in total. The molecule has 3 aromatic carbocycles. The van der Waals surface area contributed by atoms with Gasteiger partial charge in [0.25, 0.3) is 17.7 Å². The highest BCUT2D eigenvalue weighted by molar-refractivity contribution is 6.26. The average Bonchev–Trinajstić information content (AvgIpc) is 3.72. The van der Waals surface area contributed by atoms with Gasteiger partial charge in [0, 0.05) is 5.92 Å². The lowest BCUT2D eigenvalue weighted by molar-refractivity contribution is -0.136. The highest BCUT2D eigenvalue weighted by Gasteiger charge is 2.56. The number of ether oxygens (including phenoxy) is 1. The predicted octanol–water partition coefficient (Wildman–Crippen LogP) is 5.43. The zero-order chi connectivity index (χ0) is 31.2. The van der Waals surface area contributed by atoms with Gasteiger partial charge in [0.05, 0.1) is 24.6 Å². The van der Waals surface area contributed by atoms with Crippen molar-refractivity contribution in [2.75, 3.05) is 18.6 Å². The van der Waals surface area contributed by atoms with E-state index in [1.807, 2.05) is 6.92 Å². The minimum Gasteiger partial charge on any atom is -0.495 e. The van der Waals surface area contributed by atoms with Gasteiger partial charge in [-0.1, -0.05) is 77.0 Å². The smallest absolute Gasteiger partial charge is 0.264 e. The van der Waals surface area contributed by atoms with Crippen LogP contribution in [0.5, 0.6) is 5.75 Å². The Bertz CT molecular complexity index is 1760. The van der Waals surface area contributed by atoms with Crippen LogP contribution in [0.3, 0.4) is 0 Å². The highest BCUT2D eigenvalue weighted by Crippen LogP contribution is 2.45. The molecule has 4 aliphatic rings. The van der Waals surface area contributed by atoms with Gasteiger partial charge in [-0.2, -0.15) is 10.2 Å². The quantitative estimate of drug-likeness (QED) is 0.350. The fraction of sp³-hybridized carbons (Fsp3) is 0.314. The molecule has 0 bridgehead atoms. The summed E-state index contributed by atoms with van der Waals surface area (Å²) in [5, 5.41) is 16.2. The van der Waals surface area contributed by atoms with Gasteiger partial charge in [-0.15, -0.1) is 0 Å². The van der Waals surface area contributed by atoms with Crippen molar-refractivity contribution in [3.8, 4) is 5.75 Å². The fourth-order valence-electron chi connectivity index (χ4n) is 6.78. The van der Waals surface area contributed by atoms with Crippen molar-refractivity contribution in [1.29, 1.82) is 0 Å². The Labute approximate surface area is 261 Å². The van der Waals surface area contributed by atoms with Crippen LogP contribution in [-0.4, -0.2) is 59.2 Å².